The summed E-state index contributed by atoms with van der Waals surface area (Å²) in [7, 11) is 0. The second kappa shape index (κ2) is 3.29. The van der Waals surface area contributed by atoms with E-state index in [-0.39, 0.29) is 17.9 Å². The third kappa shape index (κ3) is 2.21. The molecule has 2 N–H and O–H groups in total. The van der Waals surface area contributed by atoms with Crippen LogP contribution in [-0.2, 0) is 4.79 Å². The molecule has 1 rings (SSSR count). The van der Waals surface area contributed by atoms with E-state index in [0.29, 0.717) is 0 Å². The summed E-state index contributed by atoms with van der Waals surface area (Å²) in [6, 6.07) is 0. The average molecular weight is 185 g/mol. The quantitative estimate of drug-likeness (QED) is 0.691. The number of nitrogens with one attached hydrogen (secondary N) is 1. The first-order chi connectivity index (χ1) is 5.90. The van der Waals surface area contributed by atoms with Crippen molar-refractivity contribution in [2.75, 3.05) is 6.61 Å². The largest absolute Gasteiger partial charge is 0.394 e. The SMILES string of the molecule is CC(C)(CO)NC(=O)C1(C)CCC1. The zero-order chi connectivity index (χ0) is 10.1. The summed E-state index contributed by atoms with van der Waals surface area (Å²) in [5.41, 5.74) is -0.665. The van der Waals surface area contributed by atoms with Crippen LogP contribution in [0.3, 0.4) is 0 Å². The molecule has 0 aliphatic heterocycles. The van der Waals surface area contributed by atoms with Crippen LogP contribution in [-0.4, -0.2) is 23.2 Å². The molecule has 1 fully saturated rings. The molecule has 1 aliphatic carbocycles. The van der Waals surface area contributed by atoms with E-state index in [9.17, 15) is 4.79 Å². The summed E-state index contributed by atoms with van der Waals surface area (Å²) in [5, 5.41) is 11.8. The van der Waals surface area contributed by atoms with Gasteiger partial charge >= 0.3 is 0 Å². The van der Waals surface area contributed by atoms with E-state index in [1.54, 1.807) is 0 Å². The molecular weight excluding hydrogens is 166 g/mol. The molecule has 3 nitrogen and oxygen atoms in total. The van der Waals surface area contributed by atoms with Crippen LogP contribution in [0.5, 0.6) is 0 Å². The van der Waals surface area contributed by atoms with Gasteiger partial charge in [0.2, 0.25) is 5.91 Å². The molecule has 0 unspecified atom stereocenters. The first-order valence-electron chi connectivity index (χ1n) is 4.83. The lowest BCUT2D eigenvalue weighted by Crippen LogP contribution is -2.53. The van der Waals surface area contributed by atoms with Crippen molar-refractivity contribution in [1.82, 2.24) is 5.32 Å². The van der Waals surface area contributed by atoms with Gasteiger partial charge in [-0.15, -0.1) is 0 Å². The van der Waals surface area contributed by atoms with Crippen molar-refractivity contribution in [1.29, 1.82) is 0 Å². The van der Waals surface area contributed by atoms with Crippen molar-refractivity contribution in [2.24, 2.45) is 5.41 Å². The van der Waals surface area contributed by atoms with Crippen molar-refractivity contribution < 1.29 is 9.90 Å². The highest BCUT2D eigenvalue weighted by Gasteiger charge is 2.40. The fraction of sp³-hybridized carbons (Fsp3) is 0.900. The lowest BCUT2D eigenvalue weighted by molar-refractivity contribution is -0.136. The number of aliphatic hydroxyl groups is 1. The van der Waals surface area contributed by atoms with Crippen LogP contribution < -0.4 is 5.32 Å². The molecule has 0 saturated heterocycles. The molecule has 13 heavy (non-hydrogen) atoms. The number of carbonyl (C=O) groups is 1. The highest BCUT2D eigenvalue weighted by Crippen LogP contribution is 2.40. The standard InChI is InChI=1S/C10H19NO2/c1-9(2,7-12)11-8(13)10(3)5-4-6-10/h12H,4-7H2,1-3H3,(H,11,13). The number of hydrogen-bond acceptors (Lipinski definition) is 2. The second-order valence-electron chi connectivity index (χ2n) is 4.91. The molecular formula is C10H19NO2. The van der Waals surface area contributed by atoms with Gasteiger partial charge in [-0.1, -0.05) is 13.3 Å². The van der Waals surface area contributed by atoms with Crippen molar-refractivity contribution in [3.8, 4) is 0 Å². The molecule has 0 aromatic heterocycles. The lowest BCUT2D eigenvalue weighted by atomic mass is 9.69. The molecule has 0 spiro atoms. The third-order valence-electron chi connectivity index (χ3n) is 2.85. The summed E-state index contributed by atoms with van der Waals surface area (Å²) in [6.45, 7) is 5.62. The molecule has 76 valence electrons. The highest BCUT2D eigenvalue weighted by atomic mass is 16.3. The summed E-state index contributed by atoms with van der Waals surface area (Å²) in [5.74, 6) is 0.0813. The summed E-state index contributed by atoms with van der Waals surface area (Å²) < 4.78 is 0. The highest BCUT2D eigenvalue weighted by molar-refractivity contribution is 5.83. The van der Waals surface area contributed by atoms with Gasteiger partial charge in [-0.3, -0.25) is 4.79 Å². The van der Waals surface area contributed by atoms with Crippen LogP contribution in [0.15, 0.2) is 0 Å². The summed E-state index contributed by atoms with van der Waals surface area (Å²) >= 11 is 0. The van der Waals surface area contributed by atoms with Gasteiger partial charge < -0.3 is 10.4 Å². The Morgan fingerprint density at radius 3 is 2.38 bits per heavy atom. The maximum atomic E-state index is 11.7. The molecule has 1 aliphatic rings. The van der Waals surface area contributed by atoms with Crippen molar-refractivity contribution in [3.05, 3.63) is 0 Å². The second-order valence-corrected chi connectivity index (χ2v) is 4.91. The molecule has 0 heterocycles. The average Bonchev–Trinajstić information content (AvgIpc) is 1.99. The van der Waals surface area contributed by atoms with Crippen LogP contribution >= 0.6 is 0 Å². The van der Waals surface area contributed by atoms with Gasteiger partial charge in [0.25, 0.3) is 0 Å². The molecule has 0 aromatic carbocycles. The predicted molar refractivity (Wildman–Crippen MR) is 51.3 cm³/mol. The number of aliphatic hydroxyl groups excluding tert-OH is 1. The van der Waals surface area contributed by atoms with Crippen LogP contribution in [0.2, 0.25) is 0 Å². The van der Waals surface area contributed by atoms with Crippen LogP contribution in [0.4, 0.5) is 0 Å². The Morgan fingerprint density at radius 1 is 1.54 bits per heavy atom. The summed E-state index contributed by atoms with van der Waals surface area (Å²) in [4.78, 5) is 11.7. The van der Waals surface area contributed by atoms with Crippen LogP contribution in [0, 0.1) is 5.41 Å². The Balaban J connectivity index is 2.50. The molecule has 3 heteroatoms. The van der Waals surface area contributed by atoms with Gasteiger partial charge in [0.05, 0.1) is 12.1 Å². The number of amides is 1. The van der Waals surface area contributed by atoms with E-state index in [0.717, 1.165) is 19.3 Å². The Morgan fingerprint density at radius 2 is 2.08 bits per heavy atom. The monoisotopic (exact) mass is 185 g/mol. The van der Waals surface area contributed by atoms with Gasteiger partial charge in [-0.05, 0) is 26.7 Å². The molecule has 0 bridgehead atoms. The number of carbonyl (C=O) groups excluding carboxylic acids is 1. The van der Waals surface area contributed by atoms with Gasteiger partial charge in [0, 0.05) is 5.41 Å². The normalized spacial score (nSPS) is 20.6. The van der Waals surface area contributed by atoms with E-state index in [1.165, 1.54) is 0 Å². The van der Waals surface area contributed by atoms with Crippen LogP contribution in [0.1, 0.15) is 40.0 Å². The maximum absolute atomic E-state index is 11.7. The van der Waals surface area contributed by atoms with Gasteiger partial charge in [-0.25, -0.2) is 0 Å². The Kier molecular flexibility index (Phi) is 2.66. The molecule has 0 aromatic rings. The third-order valence-corrected chi connectivity index (χ3v) is 2.85. The first kappa shape index (κ1) is 10.5. The van der Waals surface area contributed by atoms with E-state index >= 15 is 0 Å². The van der Waals surface area contributed by atoms with Gasteiger partial charge in [0.15, 0.2) is 0 Å². The predicted octanol–water partition coefficient (Wildman–Crippen LogP) is 1.06. The van der Waals surface area contributed by atoms with E-state index in [2.05, 4.69) is 5.32 Å². The maximum Gasteiger partial charge on any atom is 0.226 e. The smallest absolute Gasteiger partial charge is 0.226 e. The Bertz CT molecular complexity index is 207. The summed E-state index contributed by atoms with van der Waals surface area (Å²) in [6.07, 6.45) is 3.09. The topological polar surface area (TPSA) is 49.3 Å². The van der Waals surface area contributed by atoms with E-state index in [1.807, 2.05) is 20.8 Å². The van der Waals surface area contributed by atoms with Crippen molar-refractivity contribution in [3.63, 3.8) is 0 Å². The zero-order valence-corrected chi connectivity index (χ0v) is 8.68. The Hall–Kier alpha value is -0.570. The Labute approximate surface area is 79.5 Å². The van der Waals surface area contributed by atoms with E-state index in [4.69, 9.17) is 5.11 Å². The molecule has 0 atom stereocenters. The minimum atomic E-state index is -0.490. The van der Waals surface area contributed by atoms with Crippen molar-refractivity contribution >= 4 is 5.91 Å². The minimum Gasteiger partial charge on any atom is -0.394 e. The van der Waals surface area contributed by atoms with Crippen LogP contribution in [0.25, 0.3) is 0 Å². The van der Waals surface area contributed by atoms with Crippen molar-refractivity contribution in [2.45, 2.75) is 45.6 Å². The van der Waals surface area contributed by atoms with Gasteiger partial charge in [-0.2, -0.15) is 0 Å². The van der Waals surface area contributed by atoms with Gasteiger partial charge in [0.1, 0.15) is 0 Å². The zero-order valence-electron chi connectivity index (χ0n) is 8.68. The lowest BCUT2D eigenvalue weighted by Gasteiger charge is -2.39. The fourth-order valence-electron chi connectivity index (χ4n) is 1.43. The minimum absolute atomic E-state index is 0.0190. The van der Waals surface area contributed by atoms with E-state index < -0.39 is 5.54 Å². The molecule has 0 radical (unpaired) electrons. The number of hydrogen-bond donors (Lipinski definition) is 2. The molecule has 1 saturated carbocycles. The first-order valence-corrected chi connectivity index (χ1v) is 4.83. The number of rotatable bonds is 3. The molecule has 1 amide bonds. The fourth-order valence-corrected chi connectivity index (χ4v) is 1.43.